The molecule has 8 heteroatoms. The van der Waals surface area contributed by atoms with Crippen LogP contribution in [0.2, 0.25) is 0 Å². The first kappa shape index (κ1) is 22.4. The Bertz CT molecular complexity index is 699. The van der Waals surface area contributed by atoms with Crippen molar-refractivity contribution in [3.63, 3.8) is 0 Å². The standard InChI is InChI=1S/C20H26FNO5S/c1-3-26-20(25)18-17(27-18)19(24)22-15(10-11-28-2)16(23)9-5-7-13-6-4-8-14(21)12-13/h4,6,8,12,15,17-18H,3,5,7,9-11H2,1-2H3,(H,22,24)/t15-,17-,18-/m0/s1. The van der Waals surface area contributed by atoms with E-state index in [0.29, 0.717) is 25.0 Å². The Kier molecular flexibility index (Phi) is 8.92. The highest BCUT2D eigenvalue weighted by Gasteiger charge is 2.52. The van der Waals surface area contributed by atoms with E-state index in [4.69, 9.17) is 9.47 Å². The van der Waals surface area contributed by atoms with Crippen molar-refractivity contribution in [2.75, 3.05) is 18.6 Å². The highest BCUT2D eigenvalue weighted by molar-refractivity contribution is 7.98. The summed E-state index contributed by atoms with van der Waals surface area (Å²) in [7, 11) is 0. The maximum Gasteiger partial charge on any atom is 0.338 e. The average Bonchev–Trinajstić information content (AvgIpc) is 3.46. The van der Waals surface area contributed by atoms with Crippen molar-refractivity contribution >= 4 is 29.4 Å². The Morgan fingerprint density at radius 1 is 1.32 bits per heavy atom. The molecule has 0 spiro atoms. The summed E-state index contributed by atoms with van der Waals surface area (Å²) in [6.45, 7) is 1.89. The zero-order valence-corrected chi connectivity index (χ0v) is 16.9. The van der Waals surface area contributed by atoms with Gasteiger partial charge in [-0.3, -0.25) is 9.59 Å². The van der Waals surface area contributed by atoms with Gasteiger partial charge in [0, 0.05) is 6.42 Å². The van der Waals surface area contributed by atoms with Crippen LogP contribution in [0.1, 0.15) is 31.7 Å². The van der Waals surface area contributed by atoms with Gasteiger partial charge < -0.3 is 14.8 Å². The molecule has 1 amide bonds. The Morgan fingerprint density at radius 2 is 2.11 bits per heavy atom. The third-order valence-electron chi connectivity index (χ3n) is 4.36. The molecule has 0 unspecified atom stereocenters. The number of amides is 1. The number of hydrogen-bond acceptors (Lipinski definition) is 6. The molecule has 1 heterocycles. The molecule has 1 aliphatic heterocycles. The number of halogens is 1. The first-order valence-electron chi connectivity index (χ1n) is 9.34. The van der Waals surface area contributed by atoms with Gasteiger partial charge in [-0.2, -0.15) is 11.8 Å². The van der Waals surface area contributed by atoms with E-state index in [1.807, 2.05) is 12.3 Å². The average molecular weight is 411 g/mol. The fourth-order valence-electron chi connectivity index (χ4n) is 2.85. The van der Waals surface area contributed by atoms with Crippen LogP contribution in [0, 0.1) is 5.82 Å². The summed E-state index contributed by atoms with van der Waals surface area (Å²) in [5.41, 5.74) is 0.834. The minimum Gasteiger partial charge on any atom is -0.464 e. The molecule has 0 aromatic heterocycles. The lowest BCUT2D eigenvalue weighted by molar-refractivity contribution is -0.144. The first-order chi connectivity index (χ1) is 13.5. The van der Waals surface area contributed by atoms with Crippen LogP contribution in [0.4, 0.5) is 4.39 Å². The van der Waals surface area contributed by atoms with E-state index in [2.05, 4.69) is 5.32 Å². The summed E-state index contributed by atoms with van der Waals surface area (Å²) in [6.07, 6.45) is 2.09. The summed E-state index contributed by atoms with van der Waals surface area (Å²) in [5, 5.41) is 2.70. The second kappa shape index (κ2) is 11.2. The topological polar surface area (TPSA) is 85.0 Å². The number of carbonyl (C=O) groups is 3. The summed E-state index contributed by atoms with van der Waals surface area (Å²) < 4.78 is 23.1. The van der Waals surface area contributed by atoms with Crippen LogP contribution in [0.25, 0.3) is 0 Å². The molecular formula is C20H26FNO5S. The van der Waals surface area contributed by atoms with Crippen molar-refractivity contribution < 1.29 is 28.2 Å². The Hall–Kier alpha value is -1.93. The molecule has 0 bridgehead atoms. The molecule has 1 fully saturated rings. The van der Waals surface area contributed by atoms with Crippen LogP contribution in [-0.2, 0) is 30.3 Å². The van der Waals surface area contributed by atoms with Gasteiger partial charge in [-0.25, -0.2) is 9.18 Å². The summed E-state index contributed by atoms with van der Waals surface area (Å²) in [5.74, 6) is -0.693. The predicted octanol–water partition coefficient (Wildman–Crippen LogP) is 2.29. The van der Waals surface area contributed by atoms with Gasteiger partial charge >= 0.3 is 5.97 Å². The summed E-state index contributed by atoms with van der Waals surface area (Å²) in [4.78, 5) is 36.5. The van der Waals surface area contributed by atoms with Gasteiger partial charge in [0.05, 0.1) is 12.6 Å². The number of ketones is 1. The largest absolute Gasteiger partial charge is 0.464 e. The zero-order valence-electron chi connectivity index (χ0n) is 16.1. The number of epoxide rings is 1. The zero-order chi connectivity index (χ0) is 20.5. The number of rotatable bonds is 12. The van der Waals surface area contributed by atoms with Crippen LogP contribution < -0.4 is 5.32 Å². The van der Waals surface area contributed by atoms with Crippen molar-refractivity contribution in [3.8, 4) is 0 Å². The monoisotopic (exact) mass is 411 g/mol. The van der Waals surface area contributed by atoms with E-state index in [1.165, 1.54) is 12.1 Å². The van der Waals surface area contributed by atoms with Crippen LogP contribution in [-0.4, -0.2) is 54.5 Å². The van der Waals surface area contributed by atoms with E-state index in [-0.39, 0.29) is 24.6 Å². The Morgan fingerprint density at radius 3 is 2.79 bits per heavy atom. The first-order valence-corrected chi connectivity index (χ1v) is 10.7. The van der Waals surface area contributed by atoms with Crippen molar-refractivity contribution in [1.29, 1.82) is 0 Å². The summed E-state index contributed by atoms with van der Waals surface area (Å²) in [6, 6.07) is 5.67. The molecule has 0 saturated carbocycles. The summed E-state index contributed by atoms with van der Waals surface area (Å²) >= 11 is 1.58. The maximum absolute atomic E-state index is 13.2. The van der Waals surface area contributed by atoms with Crippen LogP contribution >= 0.6 is 11.8 Å². The predicted molar refractivity (Wildman–Crippen MR) is 105 cm³/mol. The molecule has 154 valence electrons. The molecule has 2 rings (SSSR count). The number of carbonyl (C=O) groups excluding carboxylic acids is 3. The molecule has 3 atom stereocenters. The molecule has 1 saturated heterocycles. The van der Waals surface area contributed by atoms with Crippen molar-refractivity contribution in [1.82, 2.24) is 5.32 Å². The number of benzene rings is 1. The molecule has 0 aliphatic carbocycles. The fourth-order valence-corrected chi connectivity index (χ4v) is 3.32. The normalized spacial score (nSPS) is 19.0. The molecular weight excluding hydrogens is 385 g/mol. The fraction of sp³-hybridized carbons (Fsp3) is 0.550. The molecule has 28 heavy (non-hydrogen) atoms. The third kappa shape index (κ3) is 6.91. The highest BCUT2D eigenvalue weighted by Crippen LogP contribution is 2.24. The van der Waals surface area contributed by atoms with Crippen LogP contribution in [0.5, 0.6) is 0 Å². The van der Waals surface area contributed by atoms with Gasteiger partial charge in [0.15, 0.2) is 18.0 Å². The van der Waals surface area contributed by atoms with Gasteiger partial charge in [0.2, 0.25) is 0 Å². The van der Waals surface area contributed by atoms with Crippen LogP contribution in [0.3, 0.4) is 0 Å². The van der Waals surface area contributed by atoms with Gasteiger partial charge in [-0.1, -0.05) is 12.1 Å². The number of thioether (sulfide) groups is 1. The van der Waals surface area contributed by atoms with Crippen molar-refractivity contribution in [2.24, 2.45) is 0 Å². The van der Waals surface area contributed by atoms with E-state index in [9.17, 15) is 18.8 Å². The second-order valence-corrected chi connectivity index (χ2v) is 7.51. The van der Waals surface area contributed by atoms with Crippen LogP contribution in [0.15, 0.2) is 24.3 Å². The second-order valence-electron chi connectivity index (χ2n) is 6.52. The smallest absolute Gasteiger partial charge is 0.338 e. The molecule has 1 aliphatic rings. The Balaban J connectivity index is 1.83. The van der Waals surface area contributed by atoms with Crippen molar-refractivity contribution in [3.05, 3.63) is 35.6 Å². The molecule has 1 aromatic carbocycles. The number of nitrogens with one attached hydrogen (secondary N) is 1. The van der Waals surface area contributed by atoms with E-state index >= 15 is 0 Å². The lowest BCUT2D eigenvalue weighted by atomic mass is 10.0. The number of Topliss-reactive ketones (excluding diaryl/α,β-unsaturated/α-hetero) is 1. The maximum atomic E-state index is 13.2. The Labute approximate surface area is 168 Å². The highest BCUT2D eigenvalue weighted by atomic mass is 32.2. The van der Waals surface area contributed by atoms with Gasteiger partial charge in [-0.15, -0.1) is 0 Å². The van der Waals surface area contributed by atoms with Crippen molar-refractivity contribution in [2.45, 2.75) is 50.9 Å². The SMILES string of the molecule is CCOC(=O)[C@H]1O[C@@H]1C(=O)N[C@@H](CCSC)C(=O)CCCc1cccc(F)c1. The number of hydrogen-bond donors (Lipinski definition) is 1. The van der Waals surface area contributed by atoms with Gasteiger partial charge in [-0.05, 0) is 55.9 Å². The van der Waals surface area contributed by atoms with Gasteiger partial charge in [0.25, 0.3) is 5.91 Å². The third-order valence-corrected chi connectivity index (χ3v) is 5.01. The molecule has 1 N–H and O–H groups in total. The molecule has 6 nitrogen and oxygen atoms in total. The molecule has 0 radical (unpaired) electrons. The number of ether oxygens (including phenoxy) is 2. The number of esters is 1. The quantitative estimate of drug-likeness (QED) is 0.420. The minimum absolute atomic E-state index is 0.0767. The number of aryl methyl sites for hydroxylation is 1. The lowest BCUT2D eigenvalue weighted by Crippen LogP contribution is -2.44. The molecule has 1 aromatic rings. The lowest BCUT2D eigenvalue weighted by Gasteiger charge is -2.17. The van der Waals surface area contributed by atoms with E-state index < -0.39 is 30.1 Å². The minimum atomic E-state index is -0.893. The van der Waals surface area contributed by atoms with E-state index in [0.717, 1.165) is 5.56 Å². The van der Waals surface area contributed by atoms with Gasteiger partial charge in [0.1, 0.15) is 5.82 Å². The van der Waals surface area contributed by atoms with E-state index in [1.54, 1.807) is 24.8 Å².